The molecule has 2 aromatic rings. The third kappa shape index (κ3) is 12.6. The molecule has 40 heavy (non-hydrogen) atoms. The average Bonchev–Trinajstić information content (AvgIpc) is 2.87. The molecular formula is C34H57N3OS2. The van der Waals surface area contributed by atoms with Gasteiger partial charge in [-0.2, -0.15) is 0 Å². The summed E-state index contributed by atoms with van der Waals surface area (Å²) in [7, 11) is 0. The van der Waals surface area contributed by atoms with E-state index in [1.165, 1.54) is 77.0 Å². The molecule has 1 aromatic carbocycles. The largest absolute Gasteiger partial charge is 0.507 e. The minimum atomic E-state index is -0.185. The molecule has 6 heteroatoms. The van der Waals surface area contributed by atoms with Crippen LogP contribution in [0.25, 0.3) is 0 Å². The second-order valence-electron chi connectivity index (χ2n) is 13.1. The molecule has 0 radical (unpaired) electrons. The number of thioether (sulfide) groups is 2. The number of rotatable bonds is 18. The zero-order valence-corrected chi connectivity index (χ0v) is 28.4. The second kappa shape index (κ2) is 17.5. The Balaban J connectivity index is 2.22. The van der Waals surface area contributed by atoms with Gasteiger partial charge in [-0.05, 0) is 47.3 Å². The van der Waals surface area contributed by atoms with E-state index in [4.69, 9.17) is 9.97 Å². The zero-order valence-electron chi connectivity index (χ0n) is 26.8. The molecule has 0 amide bonds. The predicted octanol–water partition coefficient (Wildman–Crippen LogP) is 11.4. The summed E-state index contributed by atoms with van der Waals surface area (Å²) in [5.41, 5.74) is 2.44. The number of aromatic hydroxyl groups is 1. The van der Waals surface area contributed by atoms with Crippen LogP contribution in [-0.4, -0.2) is 26.6 Å². The highest BCUT2D eigenvalue weighted by Crippen LogP contribution is 2.41. The highest BCUT2D eigenvalue weighted by Gasteiger charge is 2.26. The minimum absolute atomic E-state index is 0.185. The second-order valence-corrected chi connectivity index (χ2v) is 15.4. The number of hydrogen-bond donors (Lipinski definition) is 2. The van der Waals surface area contributed by atoms with Crippen molar-refractivity contribution in [2.45, 2.75) is 153 Å². The summed E-state index contributed by atoms with van der Waals surface area (Å²) in [4.78, 5) is 9.85. The summed E-state index contributed by atoms with van der Waals surface area (Å²) >= 11 is 3.70. The molecule has 0 aliphatic heterocycles. The van der Waals surface area contributed by atoms with Gasteiger partial charge in [0.05, 0.1) is 0 Å². The number of aromatic nitrogens is 2. The Bertz CT molecular complexity index is 940. The summed E-state index contributed by atoms with van der Waals surface area (Å²) in [5.74, 6) is 3.21. The predicted molar refractivity (Wildman–Crippen MR) is 179 cm³/mol. The topological polar surface area (TPSA) is 58.0 Å². The number of phenols is 1. The van der Waals surface area contributed by atoms with Crippen LogP contribution in [0.3, 0.4) is 0 Å². The molecule has 0 bridgehead atoms. The van der Waals surface area contributed by atoms with Gasteiger partial charge in [0.25, 0.3) is 0 Å². The van der Waals surface area contributed by atoms with E-state index in [9.17, 15) is 5.11 Å². The molecule has 226 valence electrons. The molecule has 0 aliphatic rings. The van der Waals surface area contributed by atoms with Crippen LogP contribution in [0.1, 0.15) is 144 Å². The van der Waals surface area contributed by atoms with Crippen molar-refractivity contribution in [2.75, 3.05) is 16.8 Å². The summed E-state index contributed by atoms with van der Waals surface area (Å²) in [6, 6.07) is 6.30. The van der Waals surface area contributed by atoms with Crippen molar-refractivity contribution in [3.8, 4) is 5.75 Å². The Labute approximate surface area is 254 Å². The zero-order chi connectivity index (χ0) is 29.6. The van der Waals surface area contributed by atoms with Crippen LogP contribution < -0.4 is 5.32 Å². The highest BCUT2D eigenvalue weighted by molar-refractivity contribution is 8.00. The fourth-order valence-electron chi connectivity index (χ4n) is 4.71. The molecule has 0 atom stereocenters. The molecule has 0 saturated carbocycles. The van der Waals surface area contributed by atoms with Crippen LogP contribution >= 0.6 is 23.5 Å². The molecule has 2 rings (SSSR count). The van der Waals surface area contributed by atoms with Crippen LogP contribution in [0.4, 0.5) is 11.6 Å². The normalized spacial score (nSPS) is 12.2. The van der Waals surface area contributed by atoms with Crippen molar-refractivity contribution in [1.29, 1.82) is 0 Å². The lowest BCUT2D eigenvalue weighted by atomic mass is 9.79. The van der Waals surface area contributed by atoms with Crippen molar-refractivity contribution >= 4 is 35.2 Å². The number of nitrogens with one attached hydrogen (secondary N) is 1. The smallest absolute Gasteiger partial charge is 0.229 e. The first-order valence-electron chi connectivity index (χ1n) is 15.7. The first-order valence-corrected chi connectivity index (χ1v) is 17.7. The Morgan fingerprint density at radius 3 is 1.43 bits per heavy atom. The Morgan fingerprint density at radius 1 is 0.625 bits per heavy atom. The van der Waals surface area contributed by atoms with E-state index in [-0.39, 0.29) is 10.8 Å². The maximum atomic E-state index is 11.2. The molecule has 0 fully saturated rings. The van der Waals surface area contributed by atoms with Crippen molar-refractivity contribution in [3.05, 3.63) is 29.3 Å². The summed E-state index contributed by atoms with van der Waals surface area (Å²) in [5, 5.41) is 16.8. The first kappa shape index (κ1) is 34.8. The Morgan fingerprint density at radius 2 is 1.02 bits per heavy atom. The monoisotopic (exact) mass is 587 g/mol. The van der Waals surface area contributed by atoms with Crippen LogP contribution in [-0.2, 0) is 10.8 Å². The van der Waals surface area contributed by atoms with Crippen molar-refractivity contribution in [3.63, 3.8) is 0 Å². The van der Waals surface area contributed by atoms with Crippen LogP contribution in [0, 0.1) is 0 Å². The van der Waals surface area contributed by atoms with E-state index in [0.717, 1.165) is 38.4 Å². The minimum Gasteiger partial charge on any atom is -0.507 e. The summed E-state index contributed by atoms with van der Waals surface area (Å²) in [6.07, 6.45) is 15.7. The van der Waals surface area contributed by atoms with Gasteiger partial charge in [0, 0.05) is 22.9 Å². The van der Waals surface area contributed by atoms with E-state index in [0.29, 0.717) is 11.7 Å². The van der Waals surface area contributed by atoms with Gasteiger partial charge in [-0.25, -0.2) is 9.97 Å². The van der Waals surface area contributed by atoms with E-state index >= 15 is 0 Å². The van der Waals surface area contributed by atoms with Gasteiger partial charge >= 0.3 is 0 Å². The summed E-state index contributed by atoms with van der Waals surface area (Å²) < 4.78 is 0. The molecule has 2 N–H and O–H groups in total. The standard InChI is InChI=1S/C34H57N3OS2/c1-9-11-13-15-17-19-21-39-29-25-30(40-22-20-18-16-14-12-10-2)37-32(36-29)35-26-23-27(33(3,4)5)31(38)28(24-26)34(6,7)8/h23-25,38H,9-22H2,1-8H3,(H,35,36,37). The van der Waals surface area contributed by atoms with E-state index in [1.54, 1.807) is 0 Å². The Kier molecular flexibility index (Phi) is 15.3. The van der Waals surface area contributed by atoms with Crippen molar-refractivity contribution in [1.82, 2.24) is 9.97 Å². The van der Waals surface area contributed by atoms with E-state index in [2.05, 4.69) is 78.9 Å². The number of nitrogens with zero attached hydrogens (tertiary/aromatic N) is 2. The van der Waals surface area contributed by atoms with Gasteiger partial charge in [-0.1, -0.05) is 120 Å². The average molecular weight is 588 g/mol. The summed E-state index contributed by atoms with van der Waals surface area (Å²) in [6.45, 7) is 17.4. The third-order valence-corrected chi connectivity index (χ3v) is 9.15. The molecule has 0 unspecified atom stereocenters. The number of phenolic OH excluding ortho intramolecular Hbond substituents is 1. The van der Waals surface area contributed by atoms with Gasteiger partial charge < -0.3 is 10.4 Å². The maximum absolute atomic E-state index is 11.2. The number of unbranched alkanes of at least 4 members (excludes halogenated alkanes) is 10. The van der Waals surface area contributed by atoms with Gasteiger partial charge in [0.2, 0.25) is 5.95 Å². The van der Waals surface area contributed by atoms with E-state index in [1.807, 2.05) is 23.5 Å². The lowest BCUT2D eigenvalue weighted by Gasteiger charge is -2.28. The molecular weight excluding hydrogens is 531 g/mol. The van der Waals surface area contributed by atoms with Crippen LogP contribution in [0.15, 0.2) is 28.3 Å². The lowest BCUT2D eigenvalue weighted by molar-refractivity contribution is 0.423. The highest BCUT2D eigenvalue weighted by atomic mass is 32.2. The van der Waals surface area contributed by atoms with Crippen molar-refractivity contribution < 1.29 is 5.11 Å². The number of benzene rings is 1. The molecule has 1 aromatic heterocycles. The van der Waals surface area contributed by atoms with Gasteiger partial charge in [-0.3, -0.25) is 0 Å². The maximum Gasteiger partial charge on any atom is 0.229 e. The quantitative estimate of drug-likeness (QED) is 0.0783. The lowest BCUT2D eigenvalue weighted by Crippen LogP contribution is -2.17. The first-order chi connectivity index (χ1) is 19.0. The van der Waals surface area contributed by atoms with Crippen molar-refractivity contribution in [2.24, 2.45) is 0 Å². The molecule has 0 saturated heterocycles. The molecule has 4 nitrogen and oxygen atoms in total. The fourth-order valence-corrected chi connectivity index (χ4v) is 6.59. The third-order valence-electron chi connectivity index (χ3n) is 7.16. The van der Waals surface area contributed by atoms with Crippen LogP contribution in [0.2, 0.25) is 0 Å². The fraction of sp³-hybridized carbons (Fsp3) is 0.706. The molecule has 1 heterocycles. The van der Waals surface area contributed by atoms with Gasteiger partial charge in [0.15, 0.2) is 0 Å². The Hall–Kier alpha value is -1.40. The molecule has 0 spiro atoms. The van der Waals surface area contributed by atoms with Gasteiger partial charge in [0.1, 0.15) is 15.8 Å². The molecule has 0 aliphatic carbocycles. The SMILES string of the molecule is CCCCCCCCSc1cc(SCCCCCCCC)nc(Nc2cc(C(C)(C)C)c(O)c(C(C)(C)C)c2)n1. The number of anilines is 2. The van der Waals surface area contributed by atoms with Crippen LogP contribution in [0.5, 0.6) is 5.75 Å². The number of hydrogen-bond acceptors (Lipinski definition) is 6. The van der Waals surface area contributed by atoms with E-state index < -0.39 is 0 Å². The van der Waals surface area contributed by atoms with Gasteiger partial charge in [-0.15, -0.1) is 23.5 Å².